The van der Waals surface area contributed by atoms with Gasteiger partial charge in [0.1, 0.15) is 11.3 Å². The summed E-state index contributed by atoms with van der Waals surface area (Å²) in [7, 11) is 1.56. The van der Waals surface area contributed by atoms with Gasteiger partial charge in [-0.15, -0.1) is 0 Å². The second kappa shape index (κ2) is 7.23. The number of carbonyl (C=O) groups is 3. The van der Waals surface area contributed by atoms with Gasteiger partial charge in [0.05, 0.1) is 13.7 Å². The molecule has 1 heterocycles. The molecule has 1 N–H and O–H groups in total. The van der Waals surface area contributed by atoms with Crippen LogP contribution in [0.2, 0.25) is 0 Å². The van der Waals surface area contributed by atoms with Crippen LogP contribution < -0.4 is 10.1 Å². The molecule has 27 heavy (non-hydrogen) atoms. The molecule has 0 radical (unpaired) electrons. The molecule has 3 amide bonds. The van der Waals surface area contributed by atoms with Crippen LogP contribution in [0.4, 0.5) is 4.79 Å². The number of Topliss-reactive ketones (excluding diaryl/α,β-unsaturated/α-hetero) is 1. The molecule has 1 fully saturated rings. The number of methoxy groups -OCH3 is 1. The SMILES string of the molecule is CCc1ccc(C(=O)CN2C(=O)N[C@](C)(c3ccc(OC)cc3)C2=O)cc1. The molecule has 0 unspecified atom stereocenters. The molecule has 6 nitrogen and oxygen atoms in total. The molecule has 1 aliphatic rings. The van der Waals surface area contributed by atoms with Crippen molar-refractivity contribution >= 4 is 17.7 Å². The highest BCUT2D eigenvalue weighted by Gasteiger charge is 2.49. The highest BCUT2D eigenvalue weighted by molar-refractivity contribution is 6.11. The number of imide groups is 1. The van der Waals surface area contributed by atoms with Gasteiger partial charge in [0, 0.05) is 5.56 Å². The molecule has 0 spiro atoms. The molecule has 1 atom stereocenters. The molecule has 2 aromatic carbocycles. The molecule has 1 aliphatic heterocycles. The summed E-state index contributed by atoms with van der Waals surface area (Å²) in [6.07, 6.45) is 0.877. The minimum absolute atomic E-state index is 0.278. The van der Waals surface area contributed by atoms with Crippen LogP contribution in [0.1, 0.15) is 35.3 Å². The van der Waals surface area contributed by atoms with Crippen molar-refractivity contribution in [3.8, 4) is 5.75 Å². The lowest BCUT2D eigenvalue weighted by Crippen LogP contribution is -2.41. The third-order valence-corrected chi connectivity index (χ3v) is 4.93. The van der Waals surface area contributed by atoms with E-state index >= 15 is 0 Å². The molecule has 0 aliphatic carbocycles. The first-order chi connectivity index (χ1) is 12.9. The van der Waals surface area contributed by atoms with Crippen molar-refractivity contribution in [3.05, 3.63) is 65.2 Å². The fourth-order valence-electron chi connectivity index (χ4n) is 3.12. The van der Waals surface area contributed by atoms with Crippen molar-refractivity contribution in [1.82, 2.24) is 10.2 Å². The lowest BCUT2D eigenvalue weighted by atomic mass is 9.92. The summed E-state index contributed by atoms with van der Waals surface area (Å²) >= 11 is 0. The highest BCUT2D eigenvalue weighted by Crippen LogP contribution is 2.30. The van der Waals surface area contributed by atoms with Crippen LogP contribution >= 0.6 is 0 Å². The summed E-state index contributed by atoms with van der Waals surface area (Å²) in [6, 6.07) is 13.5. The van der Waals surface area contributed by atoms with E-state index in [1.165, 1.54) is 0 Å². The van der Waals surface area contributed by atoms with Gasteiger partial charge in [-0.25, -0.2) is 4.79 Å². The van der Waals surface area contributed by atoms with Gasteiger partial charge in [0.25, 0.3) is 5.91 Å². The van der Waals surface area contributed by atoms with Crippen molar-refractivity contribution in [2.24, 2.45) is 0 Å². The fraction of sp³-hybridized carbons (Fsp3) is 0.286. The molecule has 0 bridgehead atoms. The van der Waals surface area contributed by atoms with E-state index in [-0.39, 0.29) is 12.3 Å². The van der Waals surface area contributed by atoms with E-state index in [0.29, 0.717) is 16.9 Å². The van der Waals surface area contributed by atoms with Crippen molar-refractivity contribution < 1.29 is 19.1 Å². The third kappa shape index (κ3) is 3.43. The van der Waals surface area contributed by atoms with Gasteiger partial charge < -0.3 is 10.1 Å². The first kappa shape index (κ1) is 18.6. The number of ketones is 1. The maximum absolute atomic E-state index is 12.9. The van der Waals surface area contributed by atoms with Crippen LogP contribution in [-0.2, 0) is 16.8 Å². The number of carbonyl (C=O) groups excluding carboxylic acids is 3. The number of ether oxygens (including phenoxy) is 1. The monoisotopic (exact) mass is 366 g/mol. The Kier molecular flexibility index (Phi) is 4.99. The van der Waals surface area contributed by atoms with Gasteiger partial charge in [-0.2, -0.15) is 0 Å². The van der Waals surface area contributed by atoms with Gasteiger partial charge in [0.15, 0.2) is 5.78 Å². The number of benzene rings is 2. The molecular weight excluding hydrogens is 344 g/mol. The first-order valence-electron chi connectivity index (χ1n) is 8.80. The summed E-state index contributed by atoms with van der Waals surface area (Å²) in [4.78, 5) is 38.8. The van der Waals surface area contributed by atoms with Crippen LogP contribution in [-0.4, -0.2) is 36.3 Å². The fourth-order valence-corrected chi connectivity index (χ4v) is 3.12. The molecular formula is C21H22N2O4. The topological polar surface area (TPSA) is 75.7 Å². The lowest BCUT2D eigenvalue weighted by molar-refractivity contribution is -0.130. The molecule has 140 valence electrons. The molecule has 2 aromatic rings. The van der Waals surface area contributed by atoms with E-state index in [9.17, 15) is 14.4 Å². The van der Waals surface area contributed by atoms with Gasteiger partial charge in [-0.3, -0.25) is 14.5 Å². The van der Waals surface area contributed by atoms with E-state index in [2.05, 4.69) is 5.32 Å². The number of nitrogens with one attached hydrogen (secondary N) is 1. The molecule has 6 heteroatoms. The lowest BCUT2D eigenvalue weighted by Gasteiger charge is -2.22. The Morgan fingerprint density at radius 1 is 1.07 bits per heavy atom. The molecule has 3 rings (SSSR count). The van der Waals surface area contributed by atoms with Crippen LogP contribution in [0.3, 0.4) is 0 Å². The van der Waals surface area contributed by atoms with E-state index in [1.807, 2.05) is 19.1 Å². The number of amides is 3. The Labute approximate surface area is 158 Å². The van der Waals surface area contributed by atoms with Crippen LogP contribution in [0, 0.1) is 0 Å². The average molecular weight is 366 g/mol. The minimum atomic E-state index is -1.21. The summed E-state index contributed by atoms with van der Waals surface area (Å²) in [5.74, 6) is -0.0713. The van der Waals surface area contributed by atoms with Gasteiger partial charge in [-0.1, -0.05) is 43.3 Å². The zero-order valence-electron chi connectivity index (χ0n) is 15.6. The second-order valence-corrected chi connectivity index (χ2v) is 6.65. The second-order valence-electron chi connectivity index (χ2n) is 6.65. The Bertz CT molecular complexity index is 874. The van der Waals surface area contributed by atoms with Crippen molar-refractivity contribution in [3.63, 3.8) is 0 Å². The summed E-state index contributed by atoms with van der Waals surface area (Å²) in [5, 5.41) is 2.70. The quantitative estimate of drug-likeness (QED) is 0.630. The number of hydrogen-bond acceptors (Lipinski definition) is 4. The zero-order chi connectivity index (χ0) is 19.6. The number of hydrogen-bond donors (Lipinski definition) is 1. The predicted molar refractivity (Wildman–Crippen MR) is 101 cm³/mol. The van der Waals surface area contributed by atoms with E-state index < -0.39 is 17.5 Å². The van der Waals surface area contributed by atoms with E-state index in [1.54, 1.807) is 50.4 Å². The van der Waals surface area contributed by atoms with Crippen molar-refractivity contribution in [2.75, 3.05) is 13.7 Å². The molecule has 0 aromatic heterocycles. The van der Waals surface area contributed by atoms with Gasteiger partial charge >= 0.3 is 6.03 Å². The third-order valence-electron chi connectivity index (χ3n) is 4.93. The van der Waals surface area contributed by atoms with Crippen LogP contribution in [0.25, 0.3) is 0 Å². The predicted octanol–water partition coefficient (Wildman–Crippen LogP) is 2.91. The normalized spacial score (nSPS) is 19.1. The summed E-state index contributed by atoms with van der Waals surface area (Å²) in [5.41, 5.74) is 1.01. The number of rotatable bonds is 6. The van der Waals surface area contributed by atoms with E-state index in [0.717, 1.165) is 16.9 Å². The standard InChI is InChI=1S/C21H22N2O4/c1-4-14-5-7-15(8-6-14)18(24)13-23-19(25)21(2,22-20(23)26)16-9-11-17(27-3)12-10-16/h5-12H,4,13H2,1-3H3,(H,22,26)/t21-/m1/s1. The first-order valence-corrected chi connectivity index (χ1v) is 8.80. The Balaban J connectivity index is 1.79. The number of aryl methyl sites for hydroxylation is 1. The summed E-state index contributed by atoms with van der Waals surface area (Å²) in [6.45, 7) is 3.38. The van der Waals surface area contributed by atoms with Gasteiger partial charge in [-0.05, 0) is 36.6 Å². The largest absolute Gasteiger partial charge is 0.497 e. The van der Waals surface area contributed by atoms with E-state index in [4.69, 9.17) is 4.74 Å². The average Bonchev–Trinajstić information content (AvgIpc) is 2.92. The van der Waals surface area contributed by atoms with Crippen molar-refractivity contribution in [1.29, 1.82) is 0 Å². The molecule has 0 saturated carbocycles. The number of urea groups is 1. The minimum Gasteiger partial charge on any atom is -0.497 e. The number of nitrogens with zero attached hydrogens (tertiary/aromatic N) is 1. The Hall–Kier alpha value is -3.15. The smallest absolute Gasteiger partial charge is 0.325 e. The van der Waals surface area contributed by atoms with Gasteiger partial charge in [0.2, 0.25) is 0 Å². The zero-order valence-corrected chi connectivity index (χ0v) is 15.6. The highest BCUT2D eigenvalue weighted by atomic mass is 16.5. The van der Waals surface area contributed by atoms with Crippen LogP contribution in [0.15, 0.2) is 48.5 Å². The maximum Gasteiger partial charge on any atom is 0.325 e. The maximum atomic E-state index is 12.9. The summed E-state index contributed by atoms with van der Waals surface area (Å²) < 4.78 is 5.12. The Morgan fingerprint density at radius 3 is 2.26 bits per heavy atom. The van der Waals surface area contributed by atoms with Crippen molar-refractivity contribution in [2.45, 2.75) is 25.8 Å². The molecule has 1 saturated heterocycles. The Morgan fingerprint density at radius 2 is 1.70 bits per heavy atom. The van der Waals surface area contributed by atoms with Crippen LogP contribution in [0.5, 0.6) is 5.75 Å².